The van der Waals surface area contributed by atoms with Crippen molar-refractivity contribution in [3.05, 3.63) is 0 Å². The third-order valence-corrected chi connectivity index (χ3v) is 5.36. The number of carboxylic acids is 1. The zero-order valence-electron chi connectivity index (χ0n) is 12.0. The molecule has 0 aliphatic heterocycles. The topological polar surface area (TPSA) is 83.5 Å². The van der Waals surface area contributed by atoms with Crippen LogP contribution >= 0.6 is 0 Å². The van der Waals surface area contributed by atoms with Gasteiger partial charge in [-0.1, -0.05) is 33.6 Å². The molecule has 112 valence electrons. The molecule has 2 N–H and O–H groups in total. The van der Waals surface area contributed by atoms with E-state index in [0.717, 1.165) is 12.8 Å². The maximum absolute atomic E-state index is 12.2. The minimum Gasteiger partial charge on any atom is -0.481 e. The van der Waals surface area contributed by atoms with Gasteiger partial charge < -0.3 is 5.11 Å². The van der Waals surface area contributed by atoms with E-state index in [0.29, 0.717) is 19.3 Å². The Bertz CT molecular complexity index is 405. The van der Waals surface area contributed by atoms with Crippen molar-refractivity contribution >= 4 is 16.0 Å². The van der Waals surface area contributed by atoms with Gasteiger partial charge in [0.2, 0.25) is 10.0 Å². The Morgan fingerprint density at radius 1 is 1.32 bits per heavy atom. The fourth-order valence-corrected chi connectivity index (χ4v) is 4.41. The molecular formula is C13H25NO4S. The van der Waals surface area contributed by atoms with Crippen LogP contribution in [-0.2, 0) is 14.8 Å². The van der Waals surface area contributed by atoms with Gasteiger partial charge in [-0.15, -0.1) is 0 Å². The molecule has 0 saturated heterocycles. The average Bonchev–Trinajstić information content (AvgIpc) is 2.64. The van der Waals surface area contributed by atoms with E-state index >= 15 is 0 Å². The second kappa shape index (κ2) is 6.22. The summed E-state index contributed by atoms with van der Waals surface area (Å²) in [7, 11) is -3.39. The summed E-state index contributed by atoms with van der Waals surface area (Å²) in [4.78, 5) is 10.9. The van der Waals surface area contributed by atoms with E-state index < -0.39 is 22.0 Å². The highest BCUT2D eigenvalue weighted by molar-refractivity contribution is 7.90. The fourth-order valence-electron chi connectivity index (χ4n) is 2.63. The number of nitrogens with one attached hydrogen (secondary N) is 1. The predicted octanol–water partition coefficient (Wildman–Crippen LogP) is 2.13. The Morgan fingerprint density at radius 3 is 2.26 bits per heavy atom. The van der Waals surface area contributed by atoms with E-state index in [1.807, 2.05) is 20.8 Å². The molecule has 0 aromatic carbocycles. The molecule has 0 aromatic heterocycles. The van der Waals surface area contributed by atoms with E-state index in [1.54, 1.807) is 0 Å². The van der Waals surface area contributed by atoms with Gasteiger partial charge in [0.25, 0.3) is 0 Å². The Hall–Kier alpha value is -0.620. The van der Waals surface area contributed by atoms with Crippen LogP contribution in [0.25, 0.3) is 0 Å². The summed E-state index contributed by atoms with van der Waals surface area (Å²) in [6, 6.07) is -0.525. The lowest BCUT2D eigenvalue weighted by Gasteiger charge is -2.26. The van der Waals surface area contributed by atoms with Crippen LogP contribution in [0.3, 0.4) is 0 Å². The minimum absolute atomic E-state index is 0.113. The highest BCUT2D eigenvalue weighted by Gasteiger charge is 2.32. The van der Waals surface area contributed by atoms with E-state index in [1.165, 1.54) is 0 Å². The molecule has 1 aliphatic carbocycles. The highest BCUT2D eigenvalue weighted by Crippen LogP contribution is 2.27. The van der Waals surface area contributed by atoms with Crippen LogP contribution in [0, 0.1) is 5.41 Å². The first kappa shape index (κ1) is 16.4. The van der Waals surface area contributed by atoms with E-state index in [9.17, 15) is 13.2 Å². The number of sulfonamides is 1. The molecule has 0 radical (unpaired) electrons. The Kier molecular flexibility index (Phi) is 5.38. The minimum atomic E-state index is -3.39. The molecule has 0 aromatic rings. The first-order valence-electron chi connectivity index (χ1n) is 6.83. The number of carboxylic acid groups (broad SMARTS) is 1. The largest absolute Gasteiger partial charge is 0.481 e. The molecule has 1 atom stereocenters. The molecule has 1 aliphatic rings. The lowest BCUT2D eigenvalue weighted by Crippen LogP contribution is -2.42. The van der Waals surface area contributed by atoms with Crippen LogP contribution in [0.5, 0.6) is 0 Å². The van der Waals surface area contributed by atoms with Gasteiger partial charge in [-0.3, -0.25) is 4.79 Å². The van der Waals surface area contributed by atoms with Crippen molar-refractivity contribution in [3.8, 4) is 0 Å². The second-order valence-corrected chi connectivity index (χ2v) is 8.62. The maximum atomic E-state index is 12.2. The molecule has 0 spiro atoms. The quantitative estimate of drug-likeness (QED) is 0.785. The lowest BCUT2D eigenvalue weighted by atomic mass is 9.87. The lowest BCUT2D eigenvalue weighted by molar-refractivity contribution is -0.137. The van der Waals surface area contributed by atoms with E-state index in [4.69, 9.17) is 5.11 Å². The third kappa shape index (κ3) is 5.91. The number of carbonyl (C=O) groups is 1. The SMILES string of the molecule is CC(C)(C)CC(CC(=O)O)NS(=O)(=O)C1CCCC1. The van der Waals surface area contributed by atoms with Gasteiger partial charge in [0.1, 0.15) is 0 Å². The first-order chi connectivity index (χ1) is 8.60. The van der Waals surface area contributed by atoms with Gasteiger partial charge in [-0.2, -0.15) is 0 Å². The molecule has 1 rings (SSSR count). The van der Waals surface area contributed by atoms with Gasteiger partial charge in [-0.05, 0) is 24.7 Å². The van der Waals surface area contributed by atoms with Gasteiger partial charge in [0.05, 0.1) is 11.7 Å². The predicted molar refractivity (Wildman–Crippen MR) is 74.4 cm³/mol. The Morgan fingerprint density at radius 2 is 1.84 bits per heavy atom. The molecule has 5 nitrogen and oxygen atoms in total. The van der Waals surface area contributed by atoms with Crippen molar-refractivity contribution in [3.63, 3.8) is 0 Å². The van der Waals surface area contributed by atoms with Crippen LogP contribution < -0.4 is 4.72 Å². The van der Waals surface area contributed by atoms with Crippen molar-refractivity contribution in [2.45, 2.75) is 70.6 Å². The Balaban J connectivity index is 2.72. The summed E-state index contributed by atoms with van der Waals surface area (Å²) in [6.07, 6.45) is 3.60. The fraction of sp³-hybridized carbons (Fsp3) is 0.923. The smallest absolute Gasteiger partial charge is 0.304 e. The van der Waals surface area contributed by atoms with Crippen LogP contribution in [0.15, 0.2) is 0 Å². The van der Waals surface area contributed by atoms with Crippen LogP contribution in [0.1, 0.15) is 59.3 Å². The molecule has 1 unspecified atom stereocenters. The van der Waals surface area contributed by atoms with Gasteiger partial charge in [0, 0.05) is 6.04 Å². The molecular weight excluding hydrogens is 266 g/mol. The molecule has 0 amide bonds. The van der Waals surface area contributed by atoms with Gasteiger partial charge in [-0.25, -0.2) is 13.1 Å². The van der Waals surface area contributed by atoms with Crippen molar-refractivity contribution in [2.75, 3.05) is 0 Å². The maximum Gasteiger partial charge on any atom is 0.304 e. The summed E-state index contributed by atoms with van der Waals surface area (Å²) < 4.78 is 27.0. The third-order valence-electron chi connectivity index (χ3n) is 3.35. The molecule has 19 heavy (non-hydrogen) atoms. The van der Waals surface area contributed by atoms with E-state index in [2.05, 4.69) is 4.72 Å². The highest BCUT2D eigenvalue weighted by atomic mass is 32.2. The Labute approximate surface area is 115 Å². The summed E-state index contributed by atoms with van der Waals surface area (Å²) in [5.41, 5.74) is -0.113. The average molecular weight is 291 g/mol. The second-order valence-electron chi connectivity index (χ2n) is 6.63. The summed E-state index contributed by atoms with van der Waals surface area (Å²) in [5.74, 6) is -0.969. The van der Waals surface area contributed by atoms with Crippen LogP contribution in [0.4, 0.5) is 0 Å². The zero-order valence-corrected chi connectivity index (χ0v) is 12.8. The number of aliphatic carboxylic acids is 1. The van der Waals surface area contributed by atoms with Crippen molar-refractivity contribution in [1.82, 2.24) is 4.72 Å². The summed E-state index contributed by atoms with van der Waals surface area (Å²) >= 11 is 0. The normalized spacial score (nSPS) is 19.5. The molecule has 1 fully saturated rings. The standard InChI is InChI=1S/C13H25NO4S/c1-13(2,3)9-10(8-12(15)16)14-19(17,18)11-6-4-5-7-11/h10-11,14H,4-9H2,1-3H3,(H,15,16). The monoisotopic (exact) mass is 291 g/mol. The van der Waals surface area contributed by atoms with Gasteiger partial charge >= 0.3 is 5.97 Å². The first-order valence-corrected chi connectivity index (χ1v) is 8.38. The van der Waals surface area contributed by atoms with Crippen LogP contribution in [-0.4, -0.2) is 30.8 Å². The number of hydrogen-bond acceptors (Lipinski definition) is 3. The summed E-state index contributed by atoms with van der Waals surface area (Å²) in [6.45, 7) is 5.93. The summed E-state index contributed by atoms with van der Waals surface area (Å²) in [5, 5.41) is 8.56. The zero-order chi connectivity index (χ0) is 14.7. The van der Waals surface area contributed by atoms with Crippen molar-refractivity contribution < 1.29 is 18.3 Å². The van der Waals surface area contributed by atoms with Crippen molar-refractivity contribution in [1.29, 1.82) is 0 Å². The molecule has 0 bridgehead atoms. The molecule has 0 heterocycles. The van der Waals surface area contributed by atoms with E-state index in [-0.39, 0.29) is 17.1 Å². The number of hydrogen-bond donors (Lipinski definition) is 2. The molecule has 1 saturated carbocycles. The van der Waals surface area contributed by atoms with Crippen LogP contribution in [0.2, 0.25) is 0 Å². The molecule has 6 heteroatoms. The van der Waals surface area contributed by atoms with Gasteiger partial charge in [0.15, 0.2) is 0 Å². The number of rotatable bonds is 6. The van der Waals surface area contributed by atoms with Crippen molar-refractivity contribution in [2.24, 2.45) is 5.41 Å².